The highest BCUT2D eigenvalue weighted by Crippen LogP contribution is 2.14. The number of hydrogen-bond acceptors (Lipinski definition) is 3. The van der Waals surface area contributed by atoms with E-state index in [9.17, 15) is 0 Å². The molecule has 0 amide bonds. The van der Waals surface area contributed by atoms with Crippen molar-refractivity contribution < 1.29 is 9.47 Å². The van der Waals surface area contributed by atoms with E-state index in [2.05, 4.69) is 24.4 Å². The van der Waals surface area contributed by atoms with Gasteiger partial charge >= 0.3 is 0 Å². The molecule has 0 fully saturated rings. The largest absolute Gasteiger partial charge is 0.497 e. The Morgan fingerprint density at radius 3 is 2.42 bits per heavy atom. The molecular formula is C16H27NO2. The molecule has 3 nitrogen and oxygen atoms in total. The molecular weight excluding hydrogens is 238 g/mol. The van der Waals surface area contributed by atoms with Gasteiger partial charge in [0.15, 0.2) is 0 Å². The van der Waals surface area contributed by atoms with Crippen LogP contribution in [0.25, 0.3) is 0 Å². The molecule has 3 heteroatoms. The topological polar surface area (TPSA) is 30.5 Å². The second kappa shape index (κ2) is 9.82. The smallest absolute Gasteiger partial charge is 0.118 e. The molecule has 0 aliphatic carbocycles. The Bertz CT molecular complexity index is 324. The number of nitrogens with one attached hydrogen (secondary N) is 1. The van der Waals surface area contributed by atoms with E-state index < -0.39 is 0 Å². The Morgan fingerprint density at radius 1 is 1.11 bits per heavy atom. The summed E-state index contributed by atoms with van der Waals surface area (Å²) >= 11 is 0. The van der Waals surface area contributed by atoms with E-state index in [0.29, 0.717) is 6.04 Å². The fourth-order valence-electron chi connectivity index (χ4n) is 2.14. The molecule has 1 rings (SSSR count). The van der Waals surface area contributed by atoms with Crippen LogP contribution in [-0.2, 0) is 11.2 Å². The van der Waals surface area contributed by atoms with E-state index in [4.69, 9.17) is 9.47 Å². The van der Waals surface area contributed by atoms with Gasteiger partial charge in [-0.3, -0.25) is 0 Å². The van der Waals surface area contributed by atoms with Crippen molar-refractivity contribution >= 4 is 0 Å². The molecule has 1 aromatic rings. The molecule has 0 saturated carbocycles. The molecule has 0 aliphatic heterocycles. The van der Waals surface area contributed by atoms with Gasteiger partial charge in [-0.05, 0) is 50.4 Å². The van der Waals surface area contributed by atoms with Crippen LogP contribution in [0.2, 0.25) is 0 Å². The summed E-state index contributed by atoms with van der Waals surface area (Å²) in [4.78, 5) is 0. The first-order chi connectivity index (χ1) is 9.30. The number of methoxy groups -OCH3 is 1. The Hall–Kier alpha value is -1.06. The maximum absolute atomic E-state index is 5.44. The summed E-state index contributed by atoms with van der Waals surface area (Å²) in [6.45, 7) is 6.86. The van der Waals surface area contributed by atoms with Gasteiger partial charge in [-0.25, -0.2) is 0 Å². The van der Waals surface area contributed by atoms with Crippen molar-refractivity contribution in [2.24, 2.45) is 0 Å². The Kier molecular flexibility index (Phi) is 8.26. The van der Waals surface area contributed by atoms with E-state index in [1.165, 1.54) is 5.56 Å². The molecule has 1 aromatic carbocycles. The first-order valence-corrected chi connectivity index (χ1v) is 7.24. The Balaban J connectivity index is 2.36. The Morgan fingerprint density at radius 2 is 1.84 bits per heavy atom. The van der Waals surface area contributed by atoms with Gasteiger partial charge in [0, 0.05) is 19.3 Å². The summed E-state index contributed by atoms with van der Waals surface area (Å²) < 4.78 is 10.6. The van der Waals surface area contributed by atoms with Gasteiger partial charge in [0.25, 0.3) is 0 Å². The van der Waals surface area contributed by atoms with Crippen LogP contribution in [0, 0.1) is 0 Å². The lowest BCUT2D eigenvalue weighted by Gasteiger charge is -2.17. The molecule has 1 unspecified atom stereocenters. The quantitative estimate of drug-likeness (QED) is 0.660. The Labute approximate surface area is 117 Å². The lowest BCUT2D eigenvalue weighted by atomic mass is 10.0. The molecule has 0 spiro atoms. The van der Waals surface area contributed by atoms with Gasteiger partial charge in [0.1, 0.15) is 5.75 Å². The molecule has 0 aliphatic rings. The highest BCUT2D eigenvalue weighted by Gasteiger charge is 2.07. The molecule has 0 aromatic heterocycles. The molecule has 0 radical (unpaired) electrons. The van der Waals surface area contributed by atoms with Crippen molar-refractivity contribution in [2.75, 3.05) is 26.9 Å². The summed E-state index contributed by atoms with van der Waals surface area (Å²) in [5.74, 6) is 0.920. The third-order valence-corrected chi connectivity index (χ3v) is 3.25. The SMILES string of the molecule is CCNC(CCOCC)CCc1ccc(OC)cc1. The first kappa shape index (κ1) is 16.0. The van der Waals surface area contributed by atoms with Crippen LogP contribution in [0.1, 0.15) is 32.3 Å². The first-order valence-electron chi connectivity index (χ1n) is 7.24. The van der Waals surface area contributed by atoms with Gasteiger partial charge in [0.05, 0.1) is 7.11 Å². The lowest BCUT2D eigenvalue weighted by molar-refractivity contribution is 0.135. The van der Waals surface area contributed by atoms with Gasteiger partial charge in [-0.15, -0.1) is 0 Å². The summed E-state index contributed by atoms with van der Waals surface area (Å²) in [6, 6.07) is 8.88. The van der Waals surface area contributed by atoms with Crippen molar-refractivity contribution in [3.05, 3.63) is 29.8 Å². The lowest BCUT2D eigenvalue weighted by Crippen LogP contribution is -2.30. The second-order valence-electron chi connectivity index (χ2n) is 4.63. The van der Waals surface area contributed by atoms with Crippen LogP contribution in [0.4, 0.5) is 0 Å². The van der Waals surface area contributed by atoms with Crippen molar-refractivity contribution in [3.8, 4) is 5.75 Å². The zero-order valence-electron chi connectivity index (χ0n) is 12.4. The highest BCUT2D eigenvalue weighted by atomic mass is 16.5. The fourth-order valence-corrected chi connectivity index (χ4v) is 2.14. The van der Waals surface area contributed by atoms with Crippen LogP contribution >= 0.6 is 0 Å². The molecule has 108 valence electrons. The summed E-state index contributed by atoms with van der Waals surface area (Å²) in [7, 11) is 1.70. The van der Waals surface area contributed by atoms with E-state index in [1.54, 1.807) is 7.11 Å². The van der Waals surface area contributed by atoms with Crippen LogP contribution in [0.5, 0.6) is 5.75 Å². The number of benzene rings is 1. The molecule has 0 bridgehead atoms. The fraction of sp³-hybridized carbons (Fsp3) is 0.625. The minimum atomic E-state index is 0.540. The molecule has 0 heterocycles. The van der Waals surface area contributed by atoms with E-state index >= 15 is 0 Å². The highest BCUT2D eigenvalue weighted by molar-refractivity contribution is 5.27. The second-order valence-corrected chi connectivity index (χ2v) is 4.63. The molecule has 19 heavy (non-hydrogen) atoms. The van der Waals surface area contributed by atoms with E-state index in [-0.39, 0.29) is 0 Å². The van der Waals surface area contributed by atoms with Crippen LogP contribution in [0.3, 0.4) is 0 Å². The summed E-state index contributed by atoms with van der Waals surface area (Å²) in [6.07, 6.45) is 3.32. The third kappa shape index (κ3) is 6.60. The average molecular weight is 265 g/mol. The molecule has 1 atom stereocenters. The summed E-state index contributed by atoms with van der Waals surface area (Å²) in [5, 5.41) is 3.53. The minimum absolute atomic E-state index is 0.540. The predicted molar refractivity (Wildman–Crippen MR) is 79.9 cm³/mol. The number of ether oxygens (including phenoxy) is 2. The van der Waals surface area contributed by atoms with E-state index in [0.717, 1.165) is 44.8 Å². The van der Waals surface area contributed by atoms with Gasteiger partial charge in [-0.1, -0.05) is 19.1 Å². The third-order valence-electron chi connectivity index (χ3n) is 3.25. The van der Waals surface area contributed by atoms with Crippen molar-refractivity contribution in [1.29, 1.82) is 0 Å². The van der Waals surface area contributed by atoms with Crippen LogP contribution < -0.4 is 10.1 Å². The van der Waals surface area contributed by atoms with Gasteiger partial charge < -0.3 is 14.8 Å². The van der Waals surface area contributed by atoms with Crippen molar-refractivity contribution in [3.63, 3.8) is 0 Å². The predicted octanol–water partition coefficient (Wildman–Crippen LogP) is 3.03. The number of rotatable bonds is 10. The zero-order chi connectivity index (χ0) is 13.9. The zero-order valence-corrected chi connectivity index (χ0v) is 12.4. The van der Waals surface area contributed by atoms with Gasteiger partial charge in [-0.2, -0.15) is 0 Å². The van der Waals surface area contributed by atoms with Crippen molar-refractivity contribution in [1.82, 2.24) is 5.32 Å². The van der Waals surface area contributed by atoms with Crippen LogP contribution in [0.15, 0.2) is 24.3 Å². The van der Waals surface area contributed by atoms with Crippen LogP contribution in [-0.4, -0.2) is 32.9 Å². The number of aryl methyl sites for hydroxylation is 1. The molecule has 0 saturated heterocycles. The number of hydrogen-bond donors (Lipinski definition) is 1. The maximum Gasteiger partial charge on any atom is 0.118 e. The van der Waals surface area contributed by atoms with E-state index in [1.807, 2.05) is 19.1 Å². The standard InChI is InChI=1S/C16H27NO2/c1-4-17-15(12-13-19-5-2)9-6-14-7-10-16(18-3)11-8-14/h7-8,10-11,15,17H,4-6,9,12-13H2,1-3H3. The van der Waals surface area contributed by atoms with Crippen molar-refractivity contribution in [2.45, 2.75) is 39.2 Å². The van der Waals surface area contributed by atoms with Gasteiger partial charge in [0.2, 0.25) is 0 Å². The normalized spacial score (nSPS) is 12.4. The minimum Gasteiger partial charge on any atom is -0.497 e. The molecule has 1 N–H and O–H groups in total. The maximum atomic E-state index is 5.44. The summed E-state index contributed by atoms with van der Waals surface area (Å²) in [5.41, 5.74) is 1.36. The average Bonchev–Trinajstić information content (AvgIpc) is 2.45. The monoisotopic (exact) mass is 265 g/mol.